The summed E-state index contributed by atoms with van der Waals surface area (Å²) in [6.45, 7) is 2.83. The maximum atomic E-state index is 12.2. The molecular weight excluding hydrogens is 294 g/mol. The van der Waals surface area contributed by atoms with E-state index in [4.69, 9.17) is 10.8 Å². The number of aromatic carboxylic acids is 1. The van der Waals surface area contributed by atoms with Gasteiger partial charge >= 0.3 is 5.97 Å². The molecule has 1 aromatic carbocycles. The quantitative estimate of drug-likeness (QED) is 0.653. The second-order valence-electron chi connectivity index (χ2n) is 5.01. The molecule has 0 radical (unpaired) electrons. The third kappa shape index (κ3) is 3.93. The van der Waals surface area contributed by atoms with E-state index in [-0.39, 0.29) is 22.7 Å². The molecule has 1 heterocycles. The first-order valence-corrected chi connectivity index (χ1v) is 8.23. The number of likely N-dealkylation sites (tertiary alicyclic amines) is 1. The summed E-state index contributed by atoms with van der Waals surface area (Å²) < 4.78 is 26.9. The van der Waals surface area contributed by atoms with Crippen molar-refractivity contribution in [1.82, 2.24) is 9.62 Å². The lowest BCUT2D eigenvalue weighted by molar-refractivity contribution is 0.0692. The highest BCUT2D eigenvalue weighted by Crippen LogP contribution is 2.19. The molecule has 0 aliphatic carbocycles. The summed E-state index contributed by atoms with van der Waals surface area (Å²) >= 11 is 0. The third-order valence-corrected chi connectivity index (χ3v) is 4.96. The van der Waals surface area contributed by atoms with Crippen molar-refractivity contribution in [2.75, 3.05) is 31.9 Å². The van der Waals surface area contributed by atoms with Gasteiger partial charge in [0.05, 0.1) is 10.5 Å². The van der Waals surface area contributed by atoms with E-state index in [0.717, 1.165) is 32.0 Å². The minimum Gasteiger partial charge on any atom is -0.478 e. The van der Waals surface area contributed by atoms with Crippen LogP contribution in [0.3, 0.4) is 0 Å². The van der Waals surface area contributed by atoms with Gasteiger partial charge in [0.25, 0.3) is 0 Å². The highest BCUT2D eigenvalue weighted by atomic mass is 32.2. The normalized spacial score (nSPS) is 16.2. The zero-order valence-electron chi connectivity index (χ0n) is 11.6. The number of carboxylic acids is 1. The van der Waals surface area contributed by atoms with Crippen LogP contribution in [0.15, 0.2) is 23.1 Å². The molecule has 8 heteroatoms. The molecule has 116 valence electrons. The number of hydrogen-bond donors (Lipinski definition) is 3. The maximum absolute atomic E-state index is 12.2. The minimum atomic E-state index is -3.86. The molecule has 1 saturated heterocycles. The van der Waals surface area contributed by atoms with Gasteiger partial charge in [0.15, 0.2) is 0 Å². The molecule has 2 rings (SSSR count). The summed E-state index contributed by atoms with van der Waals surface area (Å²) in [7, 11) is -3.86. The number of sulfonamides is 1. The molecule has 1 aliphatic rings. The second kappa shape index (κ2) is 6.42. The topological polar surface area (TPSA) is 113 Å². The van der Waals surface area contributed by atoms with E-state index < -0.39 is 16.0 Å². The van der Waals surface area contributed by atoms with Gasteiger partial charge in [-0.3, -0.25) is 0 Å². The summed E-state index contributed by atoms with van der Waals surface area (Å²) in [5.74, 6) is -1.32. The van der Waals surface area contributed by atoms with E-state index >= 15 is 0 Å². The Kier molecular flexibility index (Phi) is 4.81. The fourth-order valence-corrected chi connectivity index (χ4v) is 3.57. The van der Waals surface area contributed by atoms with Crippen LogP contribution >= 0.6 is 0 Å². The molecule has 0 spiro atoms. The van der Waals surface area contributed by atoms with Crippen molar-refractivity contribution in [2.45, 2.75) is 17.7 Å². The minimum absolute atomic E-state index is 0.211. The van der Waals surface area contributed by atoms with Gasteiger partial charge in [0, 0.05) is 18.8 Å². The number of benzene rings is 1. The fraction of sp³-hybridized carbons (Fsp3) is 0.462. The largest absolute Gasteiger partial charge is 0.478 e. The third-order valence-electron chi connectivity index (χ3n) is 3.44. The lowest BCUT2D eigenvalue weighted by Gasteiger charge is -2.15. The predicted octanol–water partition coefficient (Wildman–Crippen LogP) is 0.341. The van der Waals surface area contributed by atoms with Crippen molar-refractivity contribution in [2.24, 2.45) is 0 Å². The number of carbonyl (C=O) groups is 1. The van der Waals surface area contributed by atoms with E-state index in [1.165, 1.54) is 12.1 Å². The Balaban J connectivity index is 2.09. The molecule has 0 amide bonds. The summed E-state index contributed by atoms with van der Waals surface area (Å²) in [5, 5.41) is 9.10. The van der Waals surface area contributed by atoms with Gasteiger partial charge in [-0.15, -0.1) is 0 Å². The van der Waals surface area contributed by atoms with Gasteiger partial charge in [0.2, 0.25) is 10.0 Å². The predicted molar refractivity (Wildman–Crippen MR) is 78.7 cm³/mol. The Morgan fingerprint density at radius 2 is 2.00 bits per heavy atom. The number of carboxylic acid groups (broad SMARTS) is 1. The van der Waals surface area contributed by atoms with Crippen LogP contribution in [0.5, 0.6) is 0 Å². The number of rotatable bonds is 6. The molecule has 0 atom stereocenters. The SMILES string of the molecule is Nc1ccc(S(=O)(=O)NCCN2CCCC2)c(C(=O)O)c1. The molecular formula is C13H19N3O4S. The van der Waals surface area contributed by atoms with Crippen LogP contribution < -0.4 is 10.5 Å². The van der Waals surface area contributed by atoms with Crippen LogP contribution in [-0.2, 0) is 10.0 Å². The van der Waals surface area contributed by atoms with E-state index in [9.17, 15) is 13.2 Å². The van der Waals surface area contributed by atoms with Crippen molar-refractivity contribution in [1.29, 1.82) is 0 Å². The van der Waals surface area contributed by atoms with Crippen LogP contribution in [0, 0.1) is 0 Å². The van der Waals surface area contributed by atoms with E-state index in [1.807, 2.05) is 0 Å². The molecule has 1 aliphatic heterocycles. The Hall–Kier alpha value is -1.64. The van der Waals surface area contributed by atoms with Crippen molar-refractivity contribution in [3.63, 3.8) is 0 Å². The maximum Gasteiger partial charge on any atom is 0.337 e. The first-order chi connectivity index (χ1) is 9.90. The lowest BCUT2D eigenvalue weighted by atomic mass is 10.2. The smallest absolute Gasteiger partial charge is 0.337 e. The van der Waals surface area contributed by atoms with Crippen molar-refractivity contribution in [3.05, 3.63) is 23.8 Å². The summed E-state index contributed by atoms with van der Waals surface area (Å²) in [6.07, 6.45) is 2.27. The van der Waals surface area contributed by atoms with Crippen molar-refractivity contribution < 1.29 is 18.3 Å². The highest BCUT2D eigenvalue weighted by molar-refractivity contribution is 7.89. The van der Waals surface area contributed by atoms with Crippen LogP contribution in [0.4, 0.5) is 5.69 Å². The summed E-state index contributed by atoms with van der Waals surface area (Å²) in [6, 6.07) is 3.75. The highest BCUT2D eigenvalue weighted by Gasteiger charge is 2.22. The molecule has 0 unspecified atom stereocenters. The Labute approximate surface area is 123 Å². The lowest BCUT2D eigenvalue weighted by Crippen LogP contribution is -2.34. The zero-order valence-corrected chi connectivity index (χ0v) is 12.4. The number of nitrogen functional groups attached to an aromatic ring is 1. The van der Waals surface area contributed by atoms with Gasteiger partial charge in [-0.2, -0.15) is 0 Å². The van der Waals surface area contributed by atoms with Crippen molar-refractivity contribution in [3.8, 4) is 0 Å². The molecule has 7 nitrogen and oxygen atoms in total. The molecule has 1 aromatic rings. The van der Waals surface area contributed by atoms with Crippen LogP contribution in [0.25, 0.3) is 0 Å². The molecule has 4 N–H and O–H groups in total. The molecule has 21 heavy (non-hydrogen) atoms. The average Bonchev–Trinajstić information content (AvgIpc) is 2.91. The van der Waals surface area contributed by atoms with Gasteiger partial charge in [-0.25, -0.2) is 17.9 Å². The van der Waals surface area contributed by atoms with E-state index in [2.05, 4.69) is 9.62 Å². The van der Waals surface area contributed by atoms with Gasteiger partial charge in [-0.1, -0.05) is 0 Å². The second-order valence-corrected chi connectivity index (χ2v) is 6.74. The summed E-state index contributed by atoms with van der Waals surface area (Å²) in [4.78, 5) is 13.1. The number of anilines is 1. The standard InChI is InChI=1S/C13H19N3O4S/c14-10-3-4-12(11(9-10)13(17)18)21(19,20)15-5-8-16-6-1-2-7-16/h3-4,9,15H,1-2,5-8,14H2,(H,17,18). The zero-order chi connectivity index (χ0) is 15.5. The molecule has 1 fully saturated rings. The molecule has 0 saturated carbocycles. The molecule has 0 bridgehead atoms. The fourth-order valence-electron chi connectivity index (χ4n) is 2.37. The van der Waals surface area contributed by atoms with Gasteiger partial charge in [0.1, 0.15) is 0 Å². The van der Waals surface area contributed by atoms with E-state index in [0.29, 0.717) is 6.54 Å². The number of nitrogens with one attached hydrogen (secondary N) is 1. The van der Waals surface area contributed by atoms with E-state index in [1.54, 1.807) is 0 Å². The average molecular weight is 313 g/mol. The summed E-state index contributed by atoms with van der Waals surface area (Å²) in [5.41, 5.74) is 5.40. The molecule has 0 aromatic heterocycles. The number of nitrogens with two attached hydrogens (primary N) is 1. The van der Waals surface area contributed by atoms with Gasteiger partial charge in [-0.05, 0) is 44.1 Å². The Bertz CT molecular complexity index is 624. The van der Waals surface area contributed by atoms with Crippen LogP contribution in [-0.4, -0.2) is 50.6 Å². The number of nitrogens with zero attached hydrogens (tertiary/aromatic N) is 1. The number of hydrogen-bond acceptors (Lipinski definition) is 5. The Morgan fingerprint density at radius 3 is 2.62 bits per heavy atom. The van der Waals surface area contributed by atoms with Gasteiger partial charge < -0.3 is 15.7 Å². The first kappa shape index (κ1) is 15.7. The first-order valence-electron chi connectivity index (χ1n) is 6.75. The monoisotopic (exact) mass is 313 g/mol. The Morgan fingerprint density at radius 1 is 1.33 bits per heavy atom. The van der Waals surface area contributed by atoms with Crippen LogP contribution in [0.1, 0.15) is 23.2 Å². The van der Waals surface area contributed by atoms with Crippen LogP contribution in [0.2, 0.25) is 0 Å². The van der Waals surface area contributed by atoms with Crippen molar-refractivity contribution >= 4 is 21.7 Å².